The molecule has 0 bridgehead atoms. The van der Waals surface area contributed by atoms with Gasteiger partial charge in [-0.15, -0.1) is 0 Å². The van der Waals surface area contributed by atoms with Crippen molar-refractivity contribution in [3.63, 3.8) is 0 Å². The van der Waals surface area contributed by atoms with E-state index in [2.05, 4.69) is 5.32 Å². The van der Waals surface area contributed by atoms with Gasteiger partial charge in [0.05, 0.1) is 4.92 Å². The van der Waals surface area contributed by atoms with Crippen molar-refractivity contribution in [1.82, 2.24) is 5.32 Å². The maximum atomic E-state index is 10.8. The first-order chi connectivity index (χ1) is 8.18. The maximum absolute atomic E-state index is 10.8. The van der Waals surface area contributed by atoms with Gasteiger partial charge in [0, 0.05) is 17.7 Å². The molecule has 0 saturated heterocycles. The molecule has 1 aromatic rings. The summed E-state index contributed by atoms with van der Waals surface area (Å²) in [6, 6.07) is 7.04. The van der Waals surface area contributed by atoms with Gasteiger partial charge in [0.15, 0.2) is 0 Å². The van der Waals surface area contributed by atoms with Crippen LogP contribution in [-0.4, -0.2) is 12.0 Å². The Morgan fingerprint density at radius 1 is 1.29 bits per heavy atom. The Kier molecular flexibility index (Phi) is 3.43. The average Bonchev–Trinajstić information content (AvgIpc) is 2.39. The first-order valence-electron chi connectivity index (χ1n) is 6.12. The van der Waals surface area contributed by atoms with E-state index in [1.165, 1.54) is 19.3 Å². The minimum absolute atomic E-state index is 0.0652. The number of nitrogens with zero attached hydrogens (tertiary/aromatic N) is 1. The average molecular weight is 234 g/mol. The van der Waals surface area contributed by atoms with Crippen LogP contribution in [0.25, 0.3) is 0 Å². The zero-order valence-corrected chi connectivity index (χ0v) is 10.1. The van der Waals surface area contributed by atoms with E-state index in [0.717, 1.165) is 18.4 Å². The maximum Gasteiger partial charge on any atom is 0.269 e. The third-order valence-electron chi connectivity index (χ3n) is 3.80. The zero-order chi connectivity index (χ0) is 12.3. The molecule has 1 fully saturated rings. The quantitative estimate of drug-likeness (QED) is 0.646. The van der Waals surface area contributed by atoms with Gasteiger partial charge in [-0.2, -0.15) is 0 Å². The highest BCUT2D eigenvalue weighted by Crippen LogP contribution is 2.37. The van der Waals surface area contributed by atoms with Crippen molar-refractivity contribution < 1.29 is 4.92 Å². The van der Waals surface area contributed by atoms with Gasteiger partial charge >= 0.3 is 0 Å². The van der Waals surface area contributed by atoms with E-state index in [1.807, 2.05) is 13.1 Å². The van der Waals surface area contributed by atoms with E-state index >= 15 is 0 Å². The lowest BCUT2D eigenvalue weighted by atomic mass is 9.76. The van der Waals surface area contributed by atoms with Crippen molar-refractivity contribution in [2.45, 2.75) is 37.6 Å². The smallest absolute Gasteiger partial charge is 0.269 e. The highest BCUT2D eigenvalue weighted by molar-refractivity contribution is 5.38. The van der Waals surface area contributed by atoms with Crippen molar-refractivity contribution in [1.29, 1.82) is 0 Å². The van der Waals surface area contributed by atoms with Crippen LogP contribution in [0, 0.1) is 10.1 Å². The predicted molar refractivity (Wildman–Crippen MR) is 66.9 cm³/mol. The molecule has 92 valence electrons. The fourth-order valence-corrected chi connectivity index (χ4v) is 2.76. The summed E-state index contributed by atoms with van der Waals surface area (Å²) in [6.45, 7) is 0. The lowest BCUT2D eigenvalue weighted by molar-refractivity contribution is -0.385. The van der Waals surface area contributed by atoms with Gasteiger partial charge in [-0.05, 0) is 25.5 Å². The third-order valence-corrected chi connectivity index (χ3v) is 3.80. The SMILES string of the molecule is CNC1(c2cccc([N+](=O)[O-])c2)CCCCC1. The monoisotopic (exact) mass is 234 g/mol. The van der Waals surface area contributed by atoms with E-state index in [-0.39, 0.29) is 16.1 Å². The molecular weight excluding hydrogens is 216 g/mol. The molecule has 0 amide bonds. The molecule has 0 atom stereocenters. The summed E-state index contributed by atoms with van der Waals surface area (Å²) in [7, 11) is 1.95. The molecule has 1 saturated carbocycles. The molecule has 4 heteroatoms. The first kappa shape index (κ1) is 12.0. The standard InChI is InChI=1S/C13H18N2O2/c1-14-13(8-3-2-4-9-13)11-6-5-7-12(10-11)15(16)17/h5-7,10,14H,2-4,8-9H2,1H3. The van der Waals surface area contributed by atoms with Crippen molar-refractivity contribution in [3.8, 4) is 0 Å². The third kappa shape index (κ3) is 2.31. The summed E-state index contributed by atoms with van der Waals surface area (Å²) in [5, 5.41) is 14.2. The Hall–Kier alpha value is -1.42. The van der Waals surface area contributed by atoms with Crippen LogP contribution in [0.2, 0.25) is 0 Å². The summed E-state index contributed by atoms with van der Waals surface area (Å²) < 4.78 is 0. The summed E-state index contributed by atoms with van der Waals surface area (Å²) >= 11 is 0. The largest absolute Gasteiger partial charge is 0.310 e. The second kappa shape index (κ2) is 4.84. The highest BCUT2D eigenvalue weighted by Gasteiger charge is 2.32. The van der Waals surface area contributed by atoms with E-state index < -0.39 is 0 Å². The Bertz CT molecular complexity index is 412. The summed E-state index contributed by atoms with van der Waals surface area (Å²) in [5.74, 6) is 0. The van der Waals surface area contributed by atoms with Crippen LogP contribution in [0.5, 0.6) is 0 Å². The van der Waals surface area contributed by atoms with Gasteiger partial charge in [0.1, 0.15) is 0 Å². The molecule has 0 radical (unpaired) electrons. The van der Waals surface area contributed by atoms with Crippen LogP contribution in [0.15, 0.2) is 24.3 Å². The number of rotatable bonds is 3. The van der Waals surface area contributed by atoms with E-state index in [0.29, 0.717) is 0 Å². The molecule has 0 aromatic heterocycles. The normalized spacial score (nSPS) is 18.9. The molecule has 0 unspecified atom stereocenters. The van der Waals surface area contributed by atoms with E-state index in [1.54, 1.807) is 18.2 Å². The van der Waals surface area contributed by atoms with Gasteiger partial charge in [-0.1, -0.05) is 31.4 Å². The molecule has 17 heavy (non-hydrogen) atoms. The lowest BCUT2D eigenvalue weighted by Crippen LogP contribution is -2.41. The summed E-state index contributed by atoms with van der Waals surface area (Å²) in [4.78, 5) is 10.5. The molecule has 0 spiro atoms. The van der Waals surface area contributed by atoms with E-state index in [9.17, 15) is 10.1 Å². The molecule has 1 aliphatic carbocycles. The topological polar surface area (TPSA) is 55.2 Å². The molecule has 1 N–H and O–H groups in total. The number of nitro groups is 1. The zero-order valence-electron chi connectivity index (χ0n) is 10.1. The molecular formula is C13H18N2O2. The van der Waals surface area contributed by atoms with Crippen LogP contribution in [0.3, 0.4) is 0 Å². The molecule has 1 aliphatic rings. The van der Waals surface area contributed by atoms with Gasteiger partial charge in [-0.3, -0.25) is 10.1 Å². The molecule has 2 rings (SSSR count). The van der Waals surface area contributed by atoms with Crippen LogP contribution < -0.4 is 5.32 Å². The Balaban J connectivity index is 2.36. The van der Waals surface area contributed by atoms with Gasteiger partial charge < -0.3 is 5.32 Å². The second-order valence-electron chi connectivity index (χ2n) is 4.70. The number of hydrogen-bond donors (Lipinski definition) is 1. The fraction of sp³-hybridized carbons (Fsp3) is 0.538. The molecule has 4 nitrogen and oxygen atoms in total. The number of nitro benzene ring substituents is 1. The van der Waals surface area contributed by atoms with Gasteiger partial charge in [-0.25, -0.2) is 0 Å². The lowest BCUT2D eigenvalue weighted by Gasteiger charge is -2.37. The minimum Gasteiger partial charge on any atom is -0.310 e. The van der Waals surface area contributed by atoms with Crippen molar-refractivity contribution >= 4 is 5.69 Å². The highest BCUT2D eigenvalue weighted by atomic mass is 16.6. The first-order valence-corrected chi connectivity index (χ1v) is 6.12. The van der Waals surface area contributed by atoms with Crippen LogP contribution in [0.1, 0.15) is 37.7 Å². The Labute approximate surface area is 101 Å². The Morgan fingerprint density at radius 3 is 2.59 bits per heavy atom. The fourth-order valence-electron chi connectivity index (χ4n) is 2.76. The van der Waals surface area contributed by atoms with Crippen LogP contribution >= 0.6 is 0 Å². The summed E-state index contributed by atoms with van der Waals surface area (Å²) in [5.41, 5.74) is 1.17. The van der Waals surface area contributed by atoms with Crippen LogP contribution in [-0.2, 0) is 5.54 Å². The Morgan fingerprint density at radius 2 is 2.00 bits per heavy atom. The molecule has 0 aliphatic heterocycles. The van der Waals surface area contributed by atoms with E-state index in [4.69, 9.17) is 0 Å². The predicted octanol–water partition coefficient (Wildman–Crippen LogP) is 2.97. The molecule has 0 heterocycles. The van der Waals surface area contributed by atoms with Crippen molar-refractivity contribution in [2.24, 2.45) is 0 Å². The van der Waals surface area contributed by atoms with Crippen molar-refractivity contribution in [3.05, 3.63) is 39.9 Å². The number of non-ortho nitro benzene ring substituents is 1. The molecule has 1 aromatic carbocycles. The van der Waals surface area contributed by atoms with Crippen LogP contribution in [0.4, 0.5) is 5.69 Å². The number of nitrogens with one attached hydrogen (secondary N) is 1. The van der Waals surface area contributed by atoms with Gasteiger partial charge in [0.25, 0.3) is 5.69 Å². The second-order valence-corrected chi connectivity index (χ2v) is 4.70. The van der Waals surface area contributed by atoms with Gasteiger partial charge in [0.2, 0.25) is 0 Å². The number of benzene rings is 1. The number of hydrogen-bond acceptors (Lipinski definition) is 3. The van der Waals surface area contributed by atoms with Crippen molar-refractivity contribution in [2.75, 3.05) is 7.05 Å². The minimum atomic E-state index is -0.324. The summed E-state index contributed by atoms with van der Waals surface area (Å²) in [6.07, 6.45) is 5.75.